The number of aromatic nitrogens is 2. The third-order valence-electron chi connectivity index (χ3n) is 3.30. The molecule has 0 fully saturated rings. The number of amides is 1. The van der Waals surface area contributed by atoms with Gasteiger partial charge in [-0.2, -0.15) is 0 Å². The summed E-state index contributed by atoms with van der Waals surface area (Å²) in [7, 11) is 0. The lowest BCUT2D eigenvalue weighted by molar-refractivity contribution is 0.0712. The zero-order valence-electron chi connectivity index (χ0n) is 11.5. The summed E-state index contributed by atoms with van der Waals surface area (Å²) in [5, 5.41) is 9.99. The Morgan fingerprint density at radius 2 is 1.95 bits per heavy atom. The maximum atomic E-state index is 12.3. The van der Waals surface area contributed by atoms with E-state index in [1.807, 2.05) is 0 Å². The van der Waals surface area contributed by atoms with E-state index >= 15 is 0 Å². The molecule has 2 heterocycles. The molecular formula is C13H17N3O4. The van der Waals surface area contributed by atoms with Gasteiger partial charge in [-0.3, -0.25) is 18.7 Å². The minimum absolute atomic E-state index is 0.231. The Bertz CT molecular complexity index is 684. The van der Waals surface area contributed by atoms with Crippen molar-refractivity contribution in [3.05, 3.63) is 39.2 Å². The Balaban J connectivity index is 2.72. The van der Waals surface area contributed by atoms with Gasteiger partial charge in [-0.1, -0.05) is 6.08 Å². The molecule has 1 aliphatic heterocycles. The van der Waals surface area contributed by atoms with Gasteiger partial charge in [0.15, 0.2) is 5.69 Å². The molecule has 1 N–H and O–H groups in total. The number of carbonyl (C=O) groups is 1. The van der Waals surface area contributed by atoms with Crippen LogP contribution in [0.1, 0.15) is 30.4 Å². The monoisotopic (exact) mass is 279 g/mol. The first-order chi connectivity index (χ1) is 9.40. The highest BCUT2D eigenvalue weighted by Gasteiger charge is 2.31. The average Bonchev–Trinajstić information content (AvgIpc) is 2.38. The van der Waals surface area contributed by atoms with Crippen molar-refractivity contribution in [2.45, 2.75) is 26.4 Å². The van der Waals surface area contributed by atoms with E-state index in [1.54, 1.807) is 19.9 Å². The molecule has 0 bridgehead atoms. The summed E-state index contributed by atoms with van der Waals surface area (Å²) in [5.41, 5.74) is -1.63. The molecular weight excluding hydrogens is 262 g/mol. The van der Waals surface area contributed by atoms with Gasteiger partial charge < -0.3 is 10.0 Å². The van der Waals surface area contributed by atoms with Crippen molar-refractivity contribution < 1.29 is 9.90 Å². The highest BCUT2D eigenvalue weighted by Crippen LogP contribution is 2.17. The first-order valence-electron chi connectivity index (χ1n) is 6.38. The number of aromatic hydroxyl groups is 1. The zero-order valence-corrected chi connectivity index (χ0v) is 11.5. The van der Waals surface area contributed by atoms with Crippen molar-refractivity contribution in [3.8, 4) is 5.75 Å². The molecule has 0 atom stereocenters. The standard InChI is InChI=1S/C13H17N3O4/c1-4-5-14-6-7-15-9(11(14)18)10(17)12(19)16(8(2)3)13(15)20/h4,8,17H,1,5-7H2,2-3H3. The van der Waals surface area contributed by atoms with Crippen LogP contribution < -0.4 is 11.2 Å². The molecule has 1 aromatic rings. The molecule has 0 unspecified atom stereocenters. The van der Waals surface area contributed by atoms with Crippen LogP contribution in [0.5, 0.6) is 5.75 Å². The van der Waals surface area contributed by atoms with Crippen molar-refractivity contribution in [2.24, 2.45) is 0 Å². The van der Waals surface area contributed by atoms with Gasteiger partial charge in [0, 0.05) is 25.7 Å². The average molecular weight is 279 g/mol. The van der Waals surface area contributed by atoms with Crippen molar-refractivity contribution >= 4 is 5.91 Å². The Morgan fingerprint density at radius 1 is 1.30 bits per heavy atom. The number of fused-ring (bicyclic) bond motifs is 1. The molecule has 1 aliphatic rings. The summed E-state index contributed by atoms with van der Waals surface area (Å²) in [6.07, 6.45) is 1.55. The minimum Gasteiger partial charge on any atom is -0.501 e. The summed E-state index contributed by atoms with van der Waals surface area (Å²) in [6, 6.07) is -0.389. The van der Waals surface area contributed by atoms with Crippen LogP contribution in [0.25, 0.3) is 0 Å². The minimum atomic E-state index is -0.829. The number of rotatable bonds is 3. The Kier molecular flexibility index (Phi) is 3.52. The topological polar surface area (TPSA) is 84.5 Å². The van der Waals surface area contributed by atoms with Crippen LogP contribution >= 0.6 is 0 Å². The van der Waals surface area contributed by atoms with Gasteiger partial charge in [0.2, 0.25) is 5.75 Å². The smallest absolute Gasteiger partial charge is 0.332 e. The molecule has 0 spiro atoms. The lowest BCUT2D eigenvalue weighted by atomic mass is 10.2. The highest BCUT2D eigenvalue weighted by molar-refractivity contribution is 5.95. The molecule has 108 valence electrons. The molecule has 0 saturated heterocycles. The van der Waals surface area contributed by atoms with Crippen LogP contribution in [0.4, 0.5) is 0 Å². The second-order valence-corrected chi connectivity index (χ2v) is 4.94. The Hall–Kier alpha value is -2.31. The molecule has 0 saturated carbocycles. The normalized spacial score (nSPS) is 14.6. The second kappa shape index (κ2) is 4.99. The highest BCUT2D eigenvalue weighted by atomic mass is 16.3. The predicted molar refractivity (Wildman–Crippen MR) is 73.1 cm³/mol. The number of hydrogen-bond acceptors (Lipinski definition) is 4. The van der Waals surface area contributed by atoms with Crippen molar-refractivity contribution in [2.75, 3.05) is 13.1 Å². The van der Waals surface area contributed by atoms with E-state index in [2.05, 4.69) is 6.58 Å². The van der Waals surface area contributed by atoms with Gasteiger partial charge in [-0.25, -0.2) is 4.79 Å². The molecule has 0 radical (unpaired) electrons. The van der Waals surface area contributed by atoms with Gasteiger partial charge >= 0.3 is 5.69 Å². The molecule has 2 rings (SSSR count). The van der Waals surface area contributed by atoms with Crippen LogP contribution in [-0.2, 0) is 6.54 Å². The molecule has 1 aromatic heterocycles. The van der Waals surface area contributed by atoms with E-state index in [0.717, 1.165) is 4.57 Å². The number of hydrogen-bond donors (Lipinski definition) is 1. The molecule has 7 nitrogen and oxygen atoms in total. The fraction of sp³-hybridized carbons (Fsp3) is 0.462. The maximum Gasteiger partial charge on any atom is 0.332 e. The SMILES string of the molecule is C=CCN1CCn2c(c(O)c(=O)n(C(C)C)c2=O)C1=O. The molecule has 20 heavy (non-hydrogen) atoms. The van der Waals surface area contributed by atoms with Crippen molar-refractivity contribution in [1.29, 1.82) is 0 Å². The predicted octanol–water partition coefficient (Wildman–Crippen LogP) is -0.0617. The van der Waals surface area contributed by atoms with Crippen molar-refractivity contribution in [3.63, 3.8) is 0 Å². The lowest BCUT2D eigenvalue weighted by Gasteiger charge is -2.29. The Labute approximate surface area is 115 Å². The summed E-state index contributed by atoms with van der Waals surface area (Å²) in [6.45, 7) is 7.78. The first-order valence-corrected chi connectivity index (χ1v) is 6.38. The van der Waals surface area contributed by atoms with Crippen LogP contribution in [0, 0.1) is 0 Å². The molecule has 0 aromatic carbocycles. The van der Waals surface area contributed by atoms with Gasteiger partial charge in [0.25, 0.3) is 11.5 Å². The van der Waals surface area contributed by atoms with Crippen LogP contribution in [0.15, 0.2) is 22.2 Å². The fourth-order valence-corrected chi connectivity index (χ4v) is 2.34. The van der Waals surface area contributed by atoms with E-state index in [1.165, 1.54) is 9.47 Å². The maximum absolute atomic E-state index is 12.3. The van der Waals surface area contributed by atoms with E-state index in [-0.39, 0.29) is 18.3 Å². The summed E-state index contributed by atoms with van der Waals surface area (Å²) < 4.78 is 2.12. The number of carbonyl (C=O) groups excluding carboxylic acids is 1. The quantitative estimate of drug-likeness (QED) is 0.785. The van der Waals surface area contributed by atoms with E-state index in [4.69, 9.17) is 0 Å². The van der Waals surface area contributed by atoms with Crippen LogP contribution in [0.3, 0.4) is 0 Å². The molecule has 7 heteroatoms. The summed E-state index contributed by atoms with van der Waals surface area (Å²) in [5.74, 6) is -1.20. The number of nitrogens with zero attached hydrogens (tertiary/aromatic N) is 3. The summed E-state index contributed by atoms with van der Waals surface area (Å²) >= 11 is 0. The lowest BCUT2D eigenvalue weighted by Crippen LogP contribution is -2.50. The van der Waals surface area contributed by atoms with Gasteiger partial charge in [0.1, 0.15) is 0 Å². The Morgan fingerprint density at radius 3 is 2.50 bits per heavy atom. The van der Waals surface area contributed by atoms with Crippen LogP contribution in [-0.4, -0.2) is 38.1 Å². The van der Waals surface area contributed by atoms with Crippen molar-refractivity contribution in [1.82, 2.24) is 14.0 Å². The van der Waals surface area contributed by atoms with E-state index in [9.17, 15) is 19.5 Å². The van der Waals surface area contributed by atoms with E-state index in [0.29, 0.717) is 13.1 Å². The summed E-state index contributed by atoms with van der Waals surface area (Å²) in [4.78, 5) is 37.9. The van der Waals surface area contributed by atoms with E-state index < -0.39 is 22.9 Å². The zero-order chi connectivity index (χ0) is 15.0. The largest absolute Gasteiger partial charge is 0.501 e. The fourth-order valence-electron chi connectivity index (χ4n) is 2.34. The van der Waals surface area contributed by atoms with Gasteiger partial charge in [0.05, 0.1) is 0 Å². The second-order valence-electron chi connectivity index (χ2n) is 4.94. The van der Waals surface area contributed by atoms with Crippen LogP contribution in [0.2, 0.25) is 0 Å². The first kappa shape index (κ1) is 14.1. The third kappa shape index (κ3) is 1.95. The molecule has 1 amide bonds. The van der Waals surface area contributed by atoms with Gasteiger partial charge in [-0.05, 0) is 13.8 Å². The molecule has 0 aliphatic carbocycles. The van der Waals surface area contributed by atoms with Gasteiger partial charge in [-0.15, -0.1) is 6.58 Å². The third-order valence-corrected chi connectivity index (χ3v) is 3.30.